The number of rotatable bonds is 3. The predicted octanol–water partition coefficient (Wildman–Crippen LogP) is -0.239. The van der Waals surface area contributed by atoms with E-state index in [1.807, 2.05) is 0 Å². The van der Waals surface area contributed by atoms with E-state index in [1.165, 1.54) is 6.92 Å². The van der Waals surface area contributed by atoms with Crippen LogP contribution >= 0.6 is 25.3 Å². The third-order valence-corrected chi connectivity index (χ3v) is 1.52. The minimum atomic E-state index is -1.14. The molecule has 1 amide bonds. The maximum absolute atomic E-state index is 10.4. The number of hydrogen-bond donors (Lipinski definition) is 4. The Kier molecular flexibility index (Phi) is 4.36. The van der Waals surface area contributed by atoms with Crippen molar-refractivity contribution in [3.63, 3.8) is 0 Å². The van der Waals surface area contributed by atoms with E-state index in [4.69, 9.17) is 5.11 Å². The summed E-state index contributed by atoms with van der Waals surface area (Å²) in [5.41, 5.74) is 0. The molecule has 64 valence electrons. The Bertz CT molecular complexity index is 171. The molecule has 0 aliphatic carbocycles. The van der Waals surface area contributed by atoms with Gasteiger partial charge in [0.15, 0.2) is 0 Å². The lowest BCUT2D eigenvalue weighted by Crippen LogP contribution is -2.44. The van der Waals surface area contributed by atoms with Crippen LogP contribution in [0.4, 0.5) is 0 Å². The molecule has 0 aromatic rings. The van der Waals surface area contributed by atoms with Crippen molar-refractivity contribution in [2.45, 2.75) is 17.5 Å². The molecular weight excluding hydrogens is 186 g/mol. The first-order chi connectivity index (χ1) is 4.95. The molecule has 1 atom stereocenters. The van der Waals surface area contributed by atoms with Gasteiger partial charge in [-0.3, -0.25) is 4.79 Å². The summed E-state index contributed by atoms with van der Waals surface area (Å²) < 4.78 is -0.698. The van der Waals surface area contributed by atoms with Crippen LogP contribution < -0.4 is 5.32 Å². The van der Waals surface area contributed by atoms with Crippen molar-refractivity contribution >= 4 is 37.1 Å². The second-order valence-electron chi connectivity index (χ2n) is 1.93. The van der Waals surface area contributed by atoms with E-state index in [0.29, 0.717) is 0 Å². The number of carbonyl (C=O) groups is 2. The lowest BCUT2D eigenvalue weighted by Gasteiger charge is -2.14. The van der Waals surface area contributed by atoms with Gasteiger partial charge in [0.25, 0.3) is 0 Å². The average Bonchev–Trinajstić information content (AvgIpc) is 1.81. The van der Waals surface area contributed by atoms with Crippen molar-refractivity contribution in [3.8, 4) is 0 Å². The second-order valence-corrected chi connectivity index (χ2v) is 3.45. The number of aliphatic carboxylic acids is 1. The van der Waals surface area contributed by atoms with Gasteiger partial charge in [0.05, 0.1) is 4.58 Å². The highest BCUT2D eigenvalue weighted by atomic mass is 32.2. The Morgan fingerprint density at radius 1 is 1.45 bits per heavy atom. The first-order valence-corrected chi connectivity index (χ1v) is 3.84. The number of nitrogens with one attached hydrogen (secondary N) is 1. The summed E-state index contributed by atoms with van der Waals surface area (Å²) in [6.07, 6.45) is 0. The van der Waals surface area contributed by atoms with Crippen LogP contribution in [-0.4, -0.2) is 27.6 Å². The van der Waals surface area contributed by atoms with Crippen LogP contribution in [-0.2, 0) is 9.59 Å². The highest BCUT2D eigenvalue weighted by Crippen LogP contribution is 2.06. The third kappa shape index (κ3) is 4.15. The summed E-state index contributed by atoms with van der Waals surface area (Å²) in [7, 11) is 0. The summed E-state index contributed by atoms with van der Waals surface area (Å²) in [5.74, 6) is -1.55. The predicted molar refractivity (Wildman–Crippen MR) is 47.0 cm³/mol. The fourth-order valence-corrected chi connectivity index (χ4v) is 0.887. The van der Waals surface area contributed by atoms with Crippen LogP contribution in [0.2, 0.25) is 0 Å². The third-order valence-electron chi connectivity index (χ3n) is 0.923. The van der Waals surface area contributed by atoms with Crippen molar-refractivity contribution < 1.29 is 14.7 Å². The Morgan fingerprint density at radius 3 is 2.00 bits per heavy atom. The quantitative estimate of drug-likeness (QED) is 0.371. The van der Waals surface area contributed by atoms with Crippen LogP contribution in [0.3, 0.4) is 0 Å². The molecule has 2 N–H and O–H groups in total. The Balaban J connectivity index is 4.12. The molecule has 0 rings (SSSR count). The maximum Gasteiger partial charge on any atom is 0.328 e. The molecule has 0 heterocycles. The van der Waals surface area contributed by atoms with Crippen molar-refractivity contribution in [2.24, 2.45) is 0 Å². The van der Waals surface area contributed by atoms with Gasteiger partial charge in [-0.2, -0.15) is 25.3 Å². The molecule has 0 aromatic heterocycles. The fraction of sp³-hybridized carbons (Fsp3) is 0.600. The summed E-state index contributed by atoms with van der Waals surface area (Å²) in [6.45, 7) is 1.24. The van der Waals surface area contributed by atoms with Crippen LogP contribution in [0.15, 0.2) is 0 Å². The average molecular weight is 195 g/mol. The van der Waals surface area contributed by atoms with Crippen LogP contribution in [0.5, 0.6) is 0 Å². The molecule has 11 heavy (non-hydrogen) atoms. The monoisotopic (exact) mass is 195 g/mol. The van der Waals surface area contributed by atoms with Gasteiger partial charge in [-0.1, -0.05) is 0 Å². The SMILES string of the molecule is CC(=O)NC(C(=O)O)C(S)S. The number of thiol groups is 2. The van der Waals surface area contributed by atoms with E-state index >= 15 is 0 Å². The van der Waals surface area contributed by atoms with E-state index in [1.54, 1.807) is 0 Å². The van der Waals surface area contributed by atoms with E-state index < -0.39 is 22.5 Å². The number of carboxylic acids is 1. The van der Waals surface area contributed by atoms with Gasteiger partial charge in [-0.05, 0) is 0 Å². The molecule has 0 aliphatic heterocycles. The molecule has 0 spiro atoms. The van der Waals surface area contributed by atoms with Crippen molar-refractivity contribution in [1.82, 2.24) is 5.32 Å². The van der Waals surface area contributed by atoms with E-state index in [2.05, 4.69) is 30.6 Å². The van der Waals surface area contributed by atoms with Crippen LogP contribution in [0, 0.1) is 0 Å². The van der Waals surface area contributed by atoms with Gasteiger partial charge >= 0.3 is 5.97 Å². The van der Waals surface area contributed by atoms with Gasteiger partial charge in [0, 0.05) is 6.92 Å². The van der Waals surface area contributed by atoms with E-state index in [9.17, 15) is 9.59 Å². The van der Waals surface area contributed by atoms with E-state index in [-0.39, 0.29) is 0 Å². The second kappa shape index (κ2) is 4.50. The van der Waals surface area contributed by atoms with Crippen LogP contribution in [0.25, 0.3) is 0 Å². The molecule has 4 nitrogen and oxygen atoms in total. The minimum Gasteiger partial charge on any atom is -0.480 e. The molecule has 0 aromatic carbocycles. The van der Waals surface area contributed by atoms with Gasteiger partial charge < -0.3 is 10.4 Å². The maximum atomic E-state index is 10.4. The van der Waals surface area contributed by atoms with Gasteiger partial charge in [0.2, 0.25) is 5.91 Å². The van der Waals surface area contributed by atoms with Gasteiger partial charge in [0.1, 0.15) is 6.04 Å². The number of amides is 1. The van der Waals surface area contributed by atoms with E-state index in [0.717, 1.165) is 0 Å². The molecule has 0 saturated heterocycles. The van der Waals surface area contributed by atoms with Gasteiger partial charge in [-0.25, -0.2) is 4.79 Å². The normalized spacial score (nSPS) is 12.7. The first kappa shape index (κ1) is 10.6. The highest BCUT2D eigenvalue weighted by Gasteiger charge is 2.23. The summed E-state index contributed by atoms with van der Waals surface area (Å²) >= 11 is 7.55. The molecule has 0 fully saturated rings. The van der Waals surface area contributed by atoms with Gasteiger partial charge in [-0.15, -0.1) is 0 Å². The zero-order valence-corrected chi connectivity index (χ0v) is 7.60. The topological polar surface area (TPSA) is 66.4 Å². The van der Waals surface area contributed by atoms with Crippen LogP contribution in [0.1, 0.15) is 6.92 Å². The van der Waals surface area contributed by atoms with Crippen molar-refractivity contribution in [1.29, 1.82) is 0 Å². The fourth-order valence-electron chi connectivity index (χ4n) is 0.483. The molecule has 1 unspecified atom stereocenters. The van der Waals surface area contributed by atoms with Crippen molar-refractivity contribution in [2.75, 3.05) is 0 Å². The van der Waals surface area contributed by atoms with Crippen molar-refractivity contribution in [3.05, 3.63) is 0 Å². The number of carbonyl (C=O) groups excluding carboxylic acids is 1. The molecular formula is C5H9NO3S2. The smallest absolute Gasteiger partial charge is 0.328 e. The molecule has 0 aliphatic rings. The largest absolute Gasteiger partial charge is 0.480 e. The molecule has 0 bridgehead atoms. The summed E-state index contributed by atoms with van der Waals surface area (Å²) in [5, 5.41) is 10.7. The lowest BCUT2D eigenvalue weighted by molar-refractivity contribution is -0.141. The zero-order chi connectivity index (χ0) is 9.02. The number of hydrogen-bond acceptors (Lipinski definition) is 4. The Morgan fingerprint density at radius 2 is 1.91 bits per heavy atom. The standard InChI is InChI=1S/C5H9NO3S2/c1-2(7)6-3(4(8)9)5(10)11/h3,5,10-11H,1H3,(H,6,7)(H,8,9). The number of carboxylic acid groups (broad SMARTS) is 1. The minimum absolute atomic E-state index is 0.412. The zero-order valence-electron chi connectivity index (χ0n) is 5.81. The first-order valence-electron chi connectivity index (χ1n) is 2.81. The highest BCUT2D eigenvalue weighted by molar-refractivity contribution is 7.99. The lowest BCUT2D eigenvalue weighted by atomic mass is 10.3. The molecule has 0 radical (unpaired) electrons. The summed E-state index contributed by atoms with van der Waals surface area (Å²) in [4.78, 5) is 20.8. The molecule has 6 heteroatoms. The Labute approximate surface area is 75.2 Å². The summed E-state index contributed by atoms with van der Waals surface area (Å²) in [6, 6.07) is -1.04. The Hall–Kier alpha value is -0.360. The molecule has 0 saturated carbocycles.